The first-order valence-corrected chi connectivity index (χ1v) is 7.39. The highest BCUT2D eigenvalue weighted by molar-refractivity contribution is 9.11. The first-order valence-electron chi connectivity index (χ1n) is 5.78. The lowest BCUT2D eigenvalue weighted by molar-refractivity contribution is 0.0528. The molecule has 102 valence electrons. The van der Waals surface area contributed by atoms with Crippen LogP contribution in [0, 0.1) is 0 Å². The van der Waals surface area contributed by atoms with E-state index in [0.29, 0.717) is 6.54 Å². The van der Waals surface area contributed by atoms with Crippen LogP contribution in [0.4, 0.5) is 4.79 Å². The zero-order chi connectivity index (χ0) is 13.6. The van der Waals surface area contributed by atoms with Gasteiger partial charge in [0.2, 0.25) is 0 Å². The van der Waals surface area contributed by atoms with Crippen LogP contribution in [-0.4, -0.2) is 24.8 Å². The predicted molar refractivity (Wildman–Crippen MR) is 78.0 cm³/mol. The number of halogens is 1. The number of hydrogen-bond acceptors (Lipinski definition) is 4. The van der Waals surface area contributed by atoms with E-state index < -0.39 is 5.60 Å². The van der Waals surface area contributed by atoms with Gasteiger partial charge in [0.25, 0.3) is 0 Å². The van der Waals surface area contributed by atoms with Gasteiger partial charge in [0, 0.05) is 24.5 Å². The van der Waals surface area contributed by atoms with Gasteiger partial charge >= 0.3 is 6.09 Å². The van der Waals surface area contributed by atoms with Crippen LogP contribution in [0.25, 0.3) is 0 Å². The quantitative estimate of drug-likeness (QED) is 0.813. The van der Waals surface area contributed by atoms with Gasteiger partial charge in [-0.15, -0.1) is 11.3 Å². The molecule has 2 N–H and O–H groups in total. The smallest absolute Gasteiger partial charge is 0.407 e. The van der Waals surface area contributed by atoms with Gasteiger partial charge in [-0.05, 0) is 48.8 Å². The lowest BCUT2D eigenvalue weighted by Crippen LogP contribution is -2.36. The van der Waals surface area contributed by atoms with Gasteiger partial charge in [0.05, 0.1) is 3.79 Å². The highest BCUT2D eigenvalue weighted by Gasteiger charge is 2.15. The fraction of sp³-hybridized carbons (Fsp3) is 0.583. The molecule has 1 aromatic heterocycles. The van der Waals surface area contributed by atoms with Gasteiger partial charge in [-0.3, -0.25) is 0 Å². The van der Waals surface area contributed by atoms with Crippen molar-refractivity contribution in [3.8, 4) is 0 Å². The molecule has 0 saturated carbocycles. The SMILES string of the molecule is CC(C)(C)OC(=O)NCCNCc1ccc(Br)s1. The summed E-state index contributed by atoms with van der Waals surface area (Å²) in [4.78, 5) is 12.6. The third-order valence-corrected chi connectivity index (χ3v) is 3.52. The molecular formula is C12H19BrN2O2S. The van der Waals surface area contributed by atoms with Crippen molar-refractivity contribution in [3.05, 3.63) is 20.8 Å². The summed E-state index contributed by atoms with van der Waals surface area (Å²) in [5.74, 6) is 0. The van der Waals surface area contributed by atoms with Gasteiger partial charge < -0.3 is 15.4 Å². The van der Waals surface area contributed by atoms with E-state index in [1.54, 1.807) is 11.3 Å². The number of carbonyl (C=O) groups excluding carboxylic acids is 1. The molecule has 0 fully saturated rings. The first kappa shape index (κ1) is 15.5. The van der Waals surface area contributed by atoms with E-state index in [0.717, 1.165) is 16.9 Å². The molecule has 0 radical (unpaired) electrons. The lowest BCUT2D eigenvalue weighted by atomic mass is 10.2. The summed E-state index contributed by atoms with van der Waals surface area (Å²) < 4.78 is 6.25. The summed E-state index contributed by atoms with van der Waals surface area (Å²) in [7, 11) is 0. The van der Waals surface area contributed by atoms with Crippen molar-refractivity contribution in [2.45, 2.75) is 32.9 Å². The second-order valence-corrected chi connectivity index (χ2v) is 7.36. The minimum Gasteiger partial charge on any atom is -0.444 e. The van der Waals surface area contributed by atoms with Crippen LogP contribution in [0.5, 0.6) is 0 Å². The Hall–Kier alpha value is -0.590. The molecular weight excluding hydrogens is 316 g/mol. The summed E-state index contributed by atoms with van der Waals surface area (Å²) >= 11 is 5.12. The molecule has 18 heavy (non-hydrogen) atoms. The topological polar surface area (TPSA) is 50.4 Å². The zero-order valence-electron chi connectivity index (χ0n) is 10.9. The maximum atomic E-state index is 11.3. The van der Waals surface area contributed by atoms with Crippen molar-refractivity contribution >= 4 is 33.4 Å². The molecule has 0 spiro atoms. The second-order valence-electron chi connectivity index (χ2n) is 4.81. The van der Waals surface area contributed by atoms with Crippen LogP contribution in [0.1, 0.15) is 25.6 Å². The summed E-state index contributed by atoms with van der Waals surface area (Å²) in [5.41, 5.74) is -0.444. The molecule has 0 aliphatic heterocycles. The van der Waals surface area contributed by atoms with Gasteiger partial charge in [-0.1, -0.05) is 0 Å². The van der Waals surface area contributed by atoms with E-state index in [1.807, 2.05) is 26.8 Å². The van der Waals surface area contributed by atoms with Crippen LogP contribution in [0.15, 0.2) is 15.9 Å². The number of amides is 1. The molecule has 4 nitrogen and oxygen atoms in total. The minimum atomic E-state index is -0.444. The summed E-state index contributed by atoms with van der Waals surface area (Å²) in [6.45, 7) is 7.63. The molecule has 6 heteroatoms. The molecule has 0 bridgehead atoms. The Labute approximate surface area is 120 Å². The van der Waals surface area contributed by atoms with Crippen molar-refractivity contribution in [3.63, 3.8) is 0 Å². The van der Waals surface area contributed by atoms with Crippen LogP contribution in [-0.2, 0) is 11.3 Å². The molecule has 1 aromatic rings. The Morgan fingerprint density at radius 3 is 2.67 bits per heavy atom. The lowest BCUT2D eigenvalue weighted by Gasteiger charge is -2.19. The molecule has 0 aliphatic rings. The van der Waals surface area contributed by atoms with Crippen molar-refractivity contribution < 1.29 is 9.53 Å². The number of thiophene rings is 1. The average molecular weight is 335 g/mol. The third kappa shape index (κ3) is 6.98. The molecule has 0 atom stereocenters. The molecule has 1 amide bonds. The minimum absolute atomic E-state index is 0.372. The standard InChI is InChI=1S/C12H19BrN2O2S/c1-12(2,3)17-11(16)15-7-6-14-8-9-4-5-10(13)18-9/h4-5,14H,6-8H2,1-3H3,(H,15,16). The Balaban J connectivity index is 2.07. The number of hydrogen-bond donors (Lipinski definition) is 2. The predicted octanol–water partition coefficient (Wildman–Crippen LogP) is 3.12. The molecule has 0 aliphatic carbocycles. The van der Waals surface area contributed by atoms with Crippen LogP contribution < -0.4 is 10.6 Å². The molecule has 0 saturated heterocycles. The van der Waals surface area contributed by atoms with Gasteiger partial charge in [0.15, 0.2) is 0 Å². The zero-order valence-corrected chi connectivity index (χ0v) is 13.3. The van der Waals surface area contributed by atoms with E-state index in [2.05, 4.69) is 32.6 Å². The van der Waals surface area contributed by atoms with Crippen molar-refractivity contribution in [1.82, 2.24) is 10.6 Å². The number of alkyl carbamates (subject to hydrolysis) is 1. The van der Waals surface area contributed by atoms with Gasteiger partial charge in [0.1, 0.15) is 5.60 Å². The Morgan fingerprint density at radius 1 is 1.39 bits per heavy atom. The Bertz CT molecular complexity index is 388. The van der Waals surface area contributed by atoms with E-state index >= 15 is 0 Å². The van der Waals surface area contributed by atoms with Crippen LogP contribution in [0.2, 0.25) is 0 Å². The number of ether oxygens (including phenoxy) is 1. The molecule has 0 unspecified atom stereocenters. The van der Waals surface area contributed by atoms with E-state index in [4.69, 9.17) is 4.74 Å². The normalized spacial score (nSPS) is 11.3. The van der Waals surface area contributed by atoms with E-state index in [-0.39, 0.29) is 6.09 Å². The highest BCUT2D eigenvalue weighted by atomic mass is 79.9. The van der Waals surface area contributed by atoms with Gasteiger partial charge in [-0.2, -0.15) is 0 Å². The average Bonchev–Trinajstić information content (AvgIpc) is 2.61. The highest BCUT2D eigenvalue weighted by Crippen LogP contribution is 2.21. The Morgan fingerprint density at radius 2 is 2.11 bits per heavy atom. The second kappa shape index (κ2) is 7.11. The van der Waals surface area contributed by atoms with Crippen molar-refractivity contribution in [2.24, 2.45) is 0 Å². The molecule has 1 rings (SSSR count). The van der Waals surface area contributed by atoms with Crippen LogP contribution >= 0.6 is 27.3 Å². The Kier molecular flexibility index (Phi) is 6.11. The fourth-order valence-corrected chi connectivity index (χ4v) is 2.68. The molecule has 0 aromatic carbocycles. The number of carbonyl (C=O) groups is 1. The van der Waals surface area contributed by atoms with Gasteiger partial charge in [-0.25, -0.2) is 4.79 Å². The summed E-state index contributed by atoms with van der Waals surface area (Å²) in [6.07, 6.45) is -0.372. The summed E-state index contributed by atoms with van der Waals surface area (Å²) in [5, 5.41) is 5.95. The van der Waals surface area contributed by atoms with E-state index in [1.165, 1.54) is 4.88 Å². The molecule has 1 heterocycles. The summed E-state index contributed by atoms with van der Waals surface area (Å²) in [6, 6.07) is 4.10. The maximum absolute atomic E-state index is 11.3. The maximum Gasteiger partial charge on any atom is 0.407 e. The number of nitrogens with one attached hydrogen (secondary N) is 2. The van der Waals surface area contributed by atoms with E-state index in [9.17, 15) is 4.79 Å². The monoisotopic (exact) mass is 334 g/mol. The first-order chi connectivity index (χ1) is 8.37. The largest absolute Gasteiger partial charge is 0.444 e. The number of rotatable bonds is 5. The van der Waals surface area contributed by atoms with Crippen LogP contribution in [0.3, 0.4) is 0 Å². The fourth-order valence-electron chi connectivity index (χ4n) is 1.23. The van der Waals surface area contributed by atoms with Crippen molar-refractivity contribution in [2.75, 3.05) is 13.1 Å². The van der Waals surface area contributed by atoms with Crippen molar-refractivity contribution in [1.29, 1.82) is 0 Å². The third-order valence-electron chi connectivity index (χ3n) is 1.90.